The molecule has 0 saturated carbocycles. The molecule has 0 unspecified atom stereocenters. The van der Waals surface area contributed by atoms with E-state index < -0.39 is 0 Å². The van der Waals surface area contributed by atoms with Crippen LogP contribution in [0.3, 0.4) is 0 Å². The summed E-state index contributed by atoms with van der Waals surface area (Å²) in [5.41, 5.74) is 5.26. The normalized spacial score (nSPS) is 9.62. The molecule has 0 aliphatic heterocycles. The fraction of sp³-hybridized carbons (Fsp3) is 0.250. The van der Waals surface area contributed by atoms with E-state index in [0.29, 0.717) is 0 Å². The van der Waals surface area contributed by atoms with Crippen LogP contribution >= 0.6 is 0 Å². The highest BCUT2D eigenvalue weighted by molar-refractivity contribution is 5.30. The van der Waals surface area contributed by atoms with E-state index in [4.69, 9.17) is 5.73 Å². The Hall–Kier alpha value is -1.19. The fourth-order valence-electron chi connectivity index (χ4n) is 0.480. The second-order valence-corrected chi connectivity index (χ2v) is 1.59. The molecule has 1 aromatic heterocycles. The van der Waals surface area contributed by atoms with Crippen LogP contribution in [0, 0.1) is 0 Å². The van der Waals surface area contributed by atoms with Gasteiger partial charge < -0.3 is 10.8 Å². The van der Waals surface area contributed by atoms with Gasteiger partial charge in [0.25, 0.3) is 5.56 Å². The van der Waals surface area contributed by atoms with Gasteiger partial charge in [-0.05, 0) is 0 Å². The number of anilines is 1. The topological polar surface area (TPSA) is 63.8 Å². The molecule has 1 heterocycles. The number of aromatic nitrogens is 2. The van der Waals surface area contributed by atoms with Crippen molar-refractivity contribution in [1.29, 1.82) is 0 Å². The summed E-state index contributed by atoms with van der Waals surface area (Å²) in [6.07, 6.45) is 1.46. The van der Waals surface area contributed by atoms with Crippen LogP contribution in [0.25, 0.3) is 0 Å². The van der Waals surface area contributed by atoms with Crippen molar-refractivity contribution in [2.24, 2.45) is 7.05 Å². The highest BCUT2D eigenvalue weighted by Gasteiger charge is 1.93. The second kappa shape index (κ2) is 1.40. The van der Waals surface area contributed by atoms with Crippen molar-refractivity contribution in [3.8, 4) is 0 Å². The van der Waals surface area contributed by atoms with Gasteiger partial charge in [0.05, 0.1) is 0 Å². The lowest BCUT2D eigenvalue weighted by Crippen LogP contribution is -2.14. The first-order chi connectivity index (χ1) is 3.72. The van der Waals surface area contributed by atoms with E-state index in [1.54, 1.807) is 7.05 Å². The van der Waals surface area contributed by atoms with Gasteiger partial charge in [0.2, 0.25) is 0 Å². The average molecular weight is 113 g/mol. The highest BCUT2D eigenvalue weighted by atomic mass is 16.1. The lowest BCUT2D eigenvalue weighted by Gasteiger charge is -1.80. The Balaban J connectivity index is 3.42. The summed E-state index contributed by atoms with van der Waals surface area (Å²) in [5.74, 6) is 0. The van der Waals surface area contributed by atoms with Crippen LogP contribution in [0.5, 0.6) is 0 Å². The van der Waals surface area contributed by atoms with Gasteiger partial charge >= 0.3 is 0 Å². The first-order valence-electron chi connectivity index (χ1n) is 2.21. The van der Waals surface area contributed by atoms with Crippen molar-refractivity contribution in [3.63, 3.8) is 0 Å². The second-order valence-electron chi connectivity index (χ2n) is 1.59. The molecule has 0 saturated heterocycles. The number of hydrogen-bond donors (Lipinski definition) is 2. The molecule has 0 fully saturated rings. The lowest BCUT2D eigenvalue weighted by atomic mass is 10.6. The number of aromatic amines is 1. The molecule has 44 valence electrons. The maximum atomic E-state index is 10.6. The third-order valence-corrected chi connectivity index (χ3v) is 0.965. The van der Waals surface area contributed by atoms with Gasteiger partial charge in [-0.15, -0.1) is 0 Å². The summed E-state index contributed by atoms with van der Waals surface area (Å²) in [6, 6.07) is 0. The molecule has 4 nitrogen and oxygen atoms in total. The lowest BCUT2D eigenvalue weighted by molar-refractivity contribution is 0.740. The number of nitrogen functional groups attached to an aromatic ring is 1. The van der Waals surface area contributed by atoms with Gasteiger partial charge in [-0.3, -0.25) is 9.48 Å². The van der Waals surface area contributed by atoms with Crippen molar-refractivity contribution < 1.29 is 0 Å². The molecule has 0 bridgehead atoms. The van der Waals surface area contributed by atoms with E-state index in [-0.39, 0.29) is 11.2 Å². The standard InChI is InChI=1S/C4H7N3O/c1-7-4(8)3(5)2-6-7/h2,6H,5H2,1H3. The van der Waals surface area contributed by atoms with E-state index in [9.17, 15) is 4.79 Å². The Kier molecular flexibility index (Phi) is 0.865. The summed E-state index contributed by atoms with van der Waals surface area (Å²) in [6.45, 7) is 0. The smallest absolute Gasteiger partial charge is 0.289 e. The molecule has 1 rings (SSSR count). The average Bonchev–Trinajstić information content (AvgIpc) is 1.98. The monoisotopic (exact) mass is 113 g/mol. The molecule has 0 radical (unpaired) electrons. The largest absolute Gasteiger partial charge is 0.393 e. The van der Waals surface area contributed by atoms with Gasteiger partial charge in [0.1, 0.15) is 5.69 Å². The first-order valence-corrected chi connectivity index (χ1v) is 2.21. The summed E-state index contributed by atoms with van der Waals surface area (Å²) < 4.78 is 1.31. The quantitative estimate of drug-likeness (QED) is 0.467. The van der Waals surface area contributed by atoms with Crippen LogP contribution in [-0.2, 0) is 7.05 Å². The number of nitrogens with zero attached hydrogens (tertiary/aromatic N) is 1. The van der Waals surface area contributed by atoms with Crippen molar-refractivity contribution in [3.05, 3.63) is 16.6 Å². The predicted molar refractivity (Wildman–Crippen MR) is 30.4 cm³/mol. The Bertz CT molecular complexity index is 211. The molecule has 0 amide bonds. The molecule has 8 heavy (non-hydrogen) atoms. The van der Waals surface area contributed by atoms with E-state index >= 15 is 0 Å². The number of hydrogen-bond acceptors (Lipinski definition) is 2. The molecular weight excluding hydrogens is 106 g/mol. The molecule has 0 atom stereocenters. The molecule has 0 aliphatic carbocycles. The molecule has 0 aliphatic rings. The summed E-state index contributed by atoms with van der Waals surface area (Å²) in [4.78, 5) is 10.6. The van der Waals surface area contributed by atoms with E-state index in [1.807, 2.05) is 0 Å². The van der Waals surface area contributed by atoms with Crippen LogP contribution in [0.1, 0.15) is 0 Å². The van der Waals surface area contributed by atoms with Crippen LogP contribution in [-0.4, -0.2) is 9.78 Å². The summed E-state index contributed by atoms with van der Waals surface area (Å²) >= 11 is 0. The van der Waals surface area contributed by atoms with E-state index in [0.717, 1.165) is 0 Å². The van der Waals surface area contributed by atoms with E-state index in [2.05, 4.69) is 5.10 Å². The number of rotatable bonds is 0. The Morgan fingerprint density at radius 2 is 2.50 bits per heavy atom. The zero-order chi connectivity index (χ0) is 6.15. The minimum Gasteiger partial charge on any atom is -0.393 e. The Morgan fingerprint density at radius 3 is 2.62 bits per heavy atom. The van der Waals surface area contributed by atoms with Crippen molar-refractivity contribution in [2.45, 2.75) is 0 Å². The molecule has 4 heteroatoms. The van der Waals surface area contributed by atoms with E-state index in [1.165, 1.54) is 10.9 Å². The van der Waals surface area contributed by atoms with Gasteiger partial charge in [-0.2, -0.15) is 0 Å². The highest BCUT2D eigenvalue weighted by Crippen LogP contribution is 1.83. The zero-order valence-corrected chi connectivity index (χ0v) is 4.51. The minimum absolute atomic E-state index is 0.176. The number of H-pyrrole nitrogens is 1. The molecule has 1 aromatic rings. The zero-order valence-electron chi connectivity index (χ0n) is 4.51. The maximum Gasteiger partial charge on any atom is 0.289 e. The number of aryl methyl sites for hydroxylation is 1. The Morgan fingerprint density at radius 1 is 1.88 bits per heavy atom. The van der Waals surface area contributed by atoms with Gasteiger partial charge in [0.15, 0.2) is 0 Å². The van der Waals surface area contributed by atoms with Crippen LogP contribution in [0.2, 0.25) is 0 Å². The predicted octanol–water partition coefficient (Wildman–Crippen LogP) is -0.704. The minimum atomic E-state index is -0.176. The molecular formula is C4H7N3O. The van der Waals surface area contributed by atoms with Crippen LogP contribution in [0.15, 0.2) is 11.0 Å². The van der Waals surface area contributed by atoms with Gasteiger partial charge in [0, 0.05) is 13.2 Å². The third kappa shape index (κ3) is 0.501. The Labute approximate surface area is 45.9 Å². The first kappa shape index (κ1) is 4.96. The van der Waals surface area contributed by atoms with Gasteiger partial charge in [-0.1, -0.05) is 0 Å². The SMILES string of the molecule is Cn1[nH]cc(N)c1=O. The van der Waals surface area contributed by atoms with Crippen LogP contribution < -0.4 is 11.3 Å². The molecule has 0 aromatic carbocycles. The third-order valence-electron chi connectivity index (χ3n) is 0.965. The summed E-state index contributed by atoms with van der Waals surface area (Å²) in [7, 11) is 1.61. The molecule has 3 N–H and O–H groups in total. The number of nitrogens with two attached hydrogens (primary N) is 1. The van der Waals surface area contributed by atoms with Crippen LogP contribution in [0.4, 0.5) is 5.69 Å². The molecule has 0 spiro atoms. The fourth-order valence-corrected chi connectivity index (χ4v) is 0.480. The van der Waals surface area contributed by atoms with Crippen molar-refractivity contribution in [1.82, 2.24) is 9.78 Å². The van der Waals surface area contributed by atoms with Crippen molar-refractivity contribution in [2.75, 3.05) is 5.73 Å². The van der Waals surface area contributed by atoms with Crippen molar-refractivity contribution >= 4 is 5.69 Å². The summed E-state index contributed by atoms with van der Waals surface area (Å²) in [5, 5.41) is 2.62. The van der Waals surface area contributed by atoms with Gasteiger partial charge in [-0.25, -0.2) is 0 Å². The number of nitrogens with one attached hydrogen (secondary N) is 1. The maximum absolute atomic E-state index is 10.6.